The zero-order chi connectivity index (χ0) is 33.1. The van der Waals surface area contributed by atoms with Crippen molar-refractivity contribution in [2.75, 3.05) is 27.8 Å². The highest BCUT2D eigenvalue weighted by Gasteiger charge is 2.33. The summed E-state index contributed by atoms with van der Waals surface area (Å²) in [6.07, 6.45) is -3.44. The molecule has 1 aliphatic heterocycles. The Morgan fingerprint density at radius 2 is 1.79 bits per heavy atom. The summed E-state index contributed by atoms with van der Waals surface area (Å²) in [7, 11) is 0. The van der Waals surface area contributed by atoms with Crippen molar-refractivity contribution >= 4 is 57.3 Å². The number of nitrogens with two attached hydrogens (primary N) is 1. The maximum absolute atomic E-state index is 13.2. The SMILES string of the molecule is Nc1sc2c(c1C(=O)OCc1ccccc1NC(=O)Nc1ccc(-c3ccccc3)nn1)CCN(c1ncc(C(F)(F)F)cc1Cl)C2. The van der Waals surface area contributed by atoms with Crippen LogP contribution in [0.2, 0.25) is 5.02 Å². The first kappa shape index (κ1) is 31.8. The lowest BCUT2D eigenvalue weighted by molar-refractivity contribution is -0.137. The molecule has 0 spiro atoms. The van der Waals surface area contributed by atoms with Crippen LogP contribution in [0.1, 0.15) is 31.9 Å². The number of anilines is 4. The molecule has 0 radical (unpaired) electrons. The number of esters is 1. The van der Waals surface area contributed by atoms with Gasteiger partial charge >= 0.3 is 18.2 Å². The van der Waals surface area contributed by atoms with E-state index in [1.165, 1.54) is 11.3 Å². The Morgan fingerprint density at radius 3 is 2.51 bits per heavy atom. The number of nitrogens with one attached hydrogen (secondary N) is 2. The van der Waals surface area contributed by atoms with Crippen molar-refractivity contribution < 1.29 is 27.5 Å². The Kier molecular flexibility index (Phi) is 8.96. The number of pyridine rings is 1. The number of benzene rings is 2. The van der Waals surface area contributed by atoms with Crippen LogP contribution in [0, 0.1) is 0 Å². The molecule has 5 aromatic rings. The maximum Gasteiger partial charge on any atom is 0.417 e. The van der Waals surface area contributed by atoms with Gasteiger partial charge in [-0.15, -0.1) is 21.5 Å². The smallest absolute Gasteiger partial charge is 0.417 e. The third kappa shape index (κ3) is 7.13. The standard InChI is InChI=1S/C32H25ClF3N7O3S/c33-22-14-20(32(34,35)36)15-38-29(22)43-13-12-21-25(16-43)47-28(37)27(21)30(44)46-17-19-8-4-5-9-23(19)39-31(45)40-26-11-10-24(41-42-26)18-6-2-1-3-7-18/h1-11,14-15H,12-13,16-17,37H2,(H2,39,40,42,45). The first-order valence-corrected chi connectivity index (χ1v) is 15.4. The molecule has 2 amide bonds. The molecule has 0 unspecified atom stereocenters. The van der Waals surface area contributed by atoms with Crippen molar-refractivity contribution in [3.8, 4) is 11.3 Å². The number of carbonyl (C=O) groups is 2. The molecular formula is C32H25ClF3N7O3S. The number of thiophene rings is 1. The minimum Gasteiger partial charge on any atom is -0.457 e. The quantitative estimate of drug-likeness (QED) is 0.151. The highest BCUT2D eigenvalue weighted by Crippen LogP contribution is 2.39. The van der Waals surface area contributed by atoms with Crippen molar-refractivity contribution in [2.45, 2.75) is 25.7 Å². The molecule has 0 aliphatic carbocycles. The second-order valence-corrected chi connectivity index (χ2v) is 12.0. The van der Waals surface area contributed by atoms with E-state index in [9.17, 15) is 22.8 Å². The van der Waals surface area contributed by atoms with Gasteiger partial charge in [0.1, 0.15) is 17.4 Å². The molecule has 0 atom stereocenters. The Morgan fingerprint density at radius 1 is 1.02 bits per heavy atom. The summed E-state index contributed by atoms with van der Waals surface area (Å²) in [6.45, 7) is 0.460. The van der Waals surface area contributed by atoms with Crippen molar-refractivity contribution in [1.82, 2.24) is 15.2 Å². The Balaban J connectivity index is 1.09. The van der Waals surface area contributed by atoms with Crippen LogP contribution in [0.25, 0.3) is 11.3 Å². The predicted molar refractivity (Wildman–Crippen MR) is 173 cm³/mol. The second kappa shape index (κ2) is 13.3. The van der Waals surface area contributed by atoms with Crippen LogP contribution < -0.4 is 21.3 Å². The molecule has 0 bridgehead atoms. The molecule has 0 saturated carbocycles. The minimum atomic E-state index is -4.56. The predicted octanol–water partition coefficient (Wildman–Crippen LogP) is 7.42. The highest BCUT2D eigenvalue weighted by atomic mass is 35.5. The molecule has 3 aromatic heterocycles. The number of ether oxygens (including phenoxy) is 1. The van der Waals surface area contributed by atoms with Gasteiger partial charge < -0.3 is 20.7 Å². The molecule has 0 saturated heterocycles. The summed E-state index contributed by atoms with van der Waals surface area (Å²) < 4.78 is 44.8. The van der Waals surface area contributed by atoms with Crippen LogP contribution in [-0.4, -0.2) is 33.7 Å². The molecule has 10 nitrogen and oxygen atoms in total. The van der Waals surface area contributed by atoms with E-state index in [1.54, 1.807) is 41.3 Å². The van der Waals surface area contributed by atoms with Gasteiger partial charge in [0.05, 0.1) is 28.4 Å². The van der Waals surface area contributed by atoms with E-state index in [1.807, 2.05) is 30.3 Å². The Bertz CT molecular complexity index is 1940. The summed E-state index contributed by atoms with van der Waals surface area (Å²) in [4.78, 5) is 32.5. The first-order valence-electron chi connectivity index (χ1n) is 14.2. The number of carbonyl (C=O) groups excluding carboxylic acids is 2. The van der Waals surface area contributed by atoms with Gasteiger partial charge in [-0.1, -0.05) is 60.1 Å². The number of fused-ring (bicyclic) bond motifs is 1. The summed E-state index contributed by atoms with van der Waals surface area (Å²) >= 11 is 7.36. The van der Waals surface area contributed by atoms with Gasteiger partial charge in [0.15, 0.2) is 5.82 Å². The summed E-state index contributed by atoms with van der Waals surface area (Å²) in [5, 5.41) is 13.8. The number of rotatable bonds is 7. The molecular weight excluding hydrogens is 655 g/mol. The fourth-order valence-electron chi connectivity index (χ4n) is 5.06. The van der Waals surface area contributed by atoms with E-state index in [0.717, 1.165) is 22.7 Å². The number of hydrogen-bond donors (Lipinski definition) is 3. The third-order valence-electron chi connectivity index (χ3n) is 7.34. The largest absolute Gasteiger partial charge is 0.457 e. The average molecular weight is 680 g/mol. The number of hydrogen-bond acceptors (Lipinski definition) is 9. The molecule has 240 valence electrons. The van der Waals surface area contributed by atoms with Crippen LogP contribution in [0.5, 0.6) is 0 Å². The maximum atomic E-state index is 13.2. The number of aromatic nitrogens is 3. The van der Waals surface area contributed by atoms with E-state index < -0.39 is 23.7 Å². The van der Waals surface area contributed by atoms with Crippen molar-refractivity contribution in [3.63, 3.8) is 0 Å². The molecule has 15 heteroatoms. The minimum absolute atomic E-state index is 0.123. The van der Waals surface area contributed by atoms with E-state index in [4.69, 9.17) is 22.1 Å². The van der Waals surface area contributed by atoms with Gasteiger partial charge in [0.25, 0.3) is 0 Å². The lowest BCUT2D eigenvalue weighted by Gasteiger charge is -2.29. The van der Waals surface area contributed by atoms with Gasteiger partial charge in [-0.05, 0) is 36.2 Å². The first-order chi connectivity index (χ1) is 22.6. The van der Waals surface area contributed by atoms with Gasteiger partial charge in [-0.3, -0.25) is 5.32 Å². The molecule has 4 heterocycles. The lowest BCUT2D eigenvalue weighted by atomic mass is 10.0. The van der Waals surface area contributed by atoms with Gasteiger partial charge in [-0.25, -0.2) is 14.6 Å². The molecule has 4 N–H and O–H groups in total. The number of amides is 2. The number of urea groups is 1. The van der Waals surface area contributed by atoms with E-state index in [2.05, 4.69) is 25.8 Å². The molecule has 0 fully saturated rings. The zero-order valence-electron chi connectivity index (χ0n) is 24.3. The van der Waals surface area contributed by atoms with Crippen LogP contribution in [0.3, 0.4) is 0 Å². The van der Waals surface area contributed by atoms with E-state index >= 15 is 0 Å². The highest BCUT2D eigenvalue weighted by molar-refractivity contribution is 7.16. The Hall–Kier alpha value is -5.21. The molecule has 6 rings (SSSR count). The fourth-order valence-corrected chi connectivity index (χ4v) is 6.47. The number of halogens is 4. The summed E-state index contributed by atoms with van der Waals surface area (Å²) in [5.41, 5.74) is 8.78. The lowest BCUT2D eigenvalue weighted by Crippen LogP contribution is -2.31. The summed E-state index contributed by atoms with van der Waals surface area (Å²) in [6, 6.07) is 20.0. The van der Waals surface area contributed by atoms with Gasteiger partial charge in [-0.2, -0.15) is 13.2 Å². The molecule has 1 aliphatic rings. The van der Waals surface area contributed by atoms with E-state index in [-0.39, 0.29) is 40.4 Å². The second-order valence-electron chi connectivity index (χ2n) is 10.4. The topological polar surface area (TPSA) is 135 Å². The van der Waals surface area contributed by atoms with Gasteiger partial charge in [0, 0.05) is 34.4 Å². The van der Waals surface area contributed by atoms with Crippen LogP contribution >= 0.6 is 22.9 Å². The van der Waals surface area contributed by atoms with E-state index in [0.29, 0.717) is 35.5 Å². The van der Waals surface area contributed by atoms with Crippen molar-refractivity contribution in [1.29, 1.82) is 0 Å². The number of para-hydroxylation sites is 1. The van der Waals surface area contributed by atoms with Crippen molar-refractivity contribution in [3.05, 3.63) is 111 Å². The van der Waals surface area contributed by atoms with Gasteiger partial charge in [0.2, 0.25) is 0 Å². The monoisotopic (exact) mass is 679 g/mol. The van der Waals surface area contributed by atoms with Crippen LogP contribution in [-0.2, 0) is 30.5 Å². The Labute approximate surface area is 275 Å². The van der Waals surface area contributed by atoms with Crippen LogP contribution in [0.15, 0.2) is 79.0 Å². The number of alkyl halides is 3. The van der Waals surface area contributed by atoms with Crippen LogP contribution in [0.4, 0.5) is 40.3 Å². The van der Waals surface area contributed by atoms with Crippen molar-refractivity contribution in [2.24, 2.45) is 0 Å². The zero-order valence-corrected chi connectivity index (χ0v) is 25.9. The average Bonchev–Trinajstić information content (AvgIpc) is 3.39. The number of nitrogen functional groups attached to an aromatic ring is 1. The molecule has 2 aromatic carbocycles. The normalized spacial score (nSPS) is 12.7. The third-order valence-corrected chi connectivity index (χ3v) is 8.66. The summed E-state index contributed by atoms with van der Waals surface area (Å²) in [5.74, 6) is -0.170. The molecule has 47 heavy (non-hydrogen) atoms. The fraction of sp³-hybridized carbons (Fsp3) is 0.156. The number of nitrogens with zero attached hydrogens (tertiary/aromatic N) is 4.